The Balaban J connectivity index is 2.63. The van der Waals surface area contributed by atoms with Gasteiger partial charge in [-0.15, -0.1) is 0 Å². The molecule has 0 aromatic heterocycles. The molecule has 0 aliphatic rings. The third-order valence-corrected chi connectivity index (χ3v) is 1.84. The minimum Gasteiger partial charge on any atom is -0.346 e. The first kappa shape index (κ1) is 9.52. The average Bonchev–Trinajstić information content (AvgIpc) is 2.19. The van der Waals surface area contributed by atoms with Crippen LogP contribution in [0, 0.1) is 0 Å². The predicted octanol–water partition coefficient (Wildman–Crippen LogP) is 2.05. The van der Waals surface area contributed by atoms with Gasteiger partial charge in [-0.2, -0.15) is 0 Å². The van der Waals surface area contributed by atoms with Crippen LogP contribution in [-0.4, -0.2) is 5.91 Å². The topological polar surface area (TPSA) is 29.1 Å². The molecule has 1 rings (SSSR count). The molecule has 13 heavy (non-hydrogen) atoms. The van der Waals surface area contributed by atoms with Crippen LogP contribution >= 0.6 is 0 Å². The standard InChI is InChI=1S/C11H13NO/c1-3-11(13)12-9(2)10-7-5-4-6-8-10/h3-9H,1H2,2H3,(H,12,13)/t9-/m1/s1. The molecule has 0 saturated heterocycles. The highest BCUT2D eigenvalue weighted by atomic mass is 16.1. The van der Waals surface area contributed by atoms with E-state index in [2.05, 4.69) is 11.9 Å². The number of hydrogen-bond acceptors (Lipinski definition) is 1. The van der Waals surface area contributed by atoms with Gasteiger partial charge < -0.3 is 5.32 Å². The fourth-order valence-corrected chi connectivity index (χ4v) is 1.10. The molecule has 0 radical (unpaired) electrons. The minimum absolute atomic E-state index is 0.0340. The zero-order valence-corrected chi connectivity index (χ0v) is 7.66. The Morgan fingerprint density at radius 2 is 2.08 bits per heavy atom. The number of nitrogens with one attached hydrogen (secondary N) is 1. The lowest BCUT2D eigenvalue weighted by Gasteiger charge is -2.12. The molecular formula is C11H13NO. The van der Waals surface area contributed by atoms with Crippen molar-refractivity contribution < 1.29 is 4.79 Å². The van der Waals surface area contributed by atoms with Gasteiger partial charge in [-0.05, 0) is 18.6 Å². The number of carbonyl (C=O) groups is 1. The number of rotatable bonds is 3. The summed E-state index contributed by atoms with van der Waals surface area (Å²) in [5.41, 5.74) is 1.10. The highest BCUT2D eigenvalue weighted by Crippen LogP contribution is 2.10. The number of carbonyl (C=O) groups excluding carboxylic acids is 1. The summed E-state index contributed by atoms with van der Waals surface area (Å²) in [6.07, 6.45) is 1.28. The molecule has 0 bridgehead atoms. The summed E-state index contributed by atoms with van der Waals surface area (Å²) in [6, 6.07) is 9.84. The first-order chi connectivity index (χ1) is 6.24. The third-order valence-electron chi connectivity index (χ3n) is 1.84. The van der Waals surface area contributed by atoms with Crippen molar-refractivity contribution in [2.45, 2.75) is 13.0 Å². The lowest BCUT2D eigenvalue weighted by atomic mass is 10.1. The van der Waals surface area contributed by atoms with Crippen molar-refractivity contribution in [3.8, 4) is 0 Å². The van der Waals surface area contributed by atoms with Crippen molar-refractivity contribution in [3.63, 3.8) is 0 Å². The van der Waals surface area contributed by atoms with Crippen LogP contribution in [0.4, 0.5) is 0 Å². The van der Waals surface area contributed by atoms with Crippen LogP contribution < -0.4 is 5.32 Å². The molecular weight excluding hydrogens is 162 g/mol. The normalized spacial score (nSPS) is 11.8. The summed E-state index contributed by atoms with van der Waals surface area (Å²) >= 11 is 0. The maximum Gasteiger partial charge on any atom is 0.243 e. The second-order valence-corrected chi connectivity index (χ2v) is 2.85. The van der Waals surface area contributed by atoms with E-state index >= 15 is 0 Å². The zero-order chi connectivity index (χ0) is 9.68. The van der Waals surface area contributed by atoms with E-state index in [9.17, 15) is 4.79 Å². The van der Waals surface area contributed by atoms with Gasteiger partial charge in [0.25, 0.3) is 0 Å². The third kappa shape index (κ3) is 2.75. The Bertz CT molecular complexity index is 292. The van der Waals surface area contributed by atoms with Crippen LogP contribution in [0.3, 0.4) is 0 Å². The number of hydrogen-bond donors (Lipinski definition) is 1. The fraction of sp³-hybridized carbons (Fsp3) is 0.182. The molecule has 1 amide bonds. The summed E-state index contributed by atoms with van der Waals surface area (Å²) in [5, 5.41) is 2.79. The molecule has 68 valence electrons. The predicted molar refractivity (Wildman–Crippen MR) is 53.2 cm³/mol. The SMILES string of the molecule is C=CC(=O)N[C@H](C)c1ccccc1. The average molecular weight is 175 g/mol. The first-order valence-corrected chi connectivity index (χ1v) is 4.22. The van der Waals surface area contributed by atoms with E-state index in [0.29, 0.717) is 0 Å². The van der Waals surface area contributed by atoms with E-state index in [1.807, 2.05) is 37.3 Å². The summed E-state index contributed by atoms with van der Waals surface area (Å²) < 4.78 is 0. The lowest BCUT2D eigenvalue weighted by molar-refractivity contribution is -0.117. The van der Waals surface area contributed by atoms with Gasteiger partial charge in [-0.3, -0.25) is 4.79 Å². The van der Waals surface area contributed by atoms with Gasteiger partial charge in [-0.1, -0.05) is 36.9 Å². The van der Waals surface area contributed by atoms with Gasteiger partial charge in [0.05, 0.1) is 6.04 Å². The van der Waals surface area contributed by atoms with Crippen LogP contribution in [0.25, 0.3) is 0 Å². The maximum absolute atomic E-state index is 11.0. The van der Waals surface area contributed by atoms with E-state index in [1.54, 1.807) is 0 Å². The Morgan fingerprint density at radius 3 is 2.62 bits per heavy atom. The molecule has 0 aliphatic carbocycles. The van der Waals surface area contributed by atoms with E-state index in [4.69, 9.17) is 0 Å². The van der Waals surface area contributed by atoms with Gasteiger partial charge in [0.2, 0.25) is 5.91 Å². The van der Waals surface area contributed by atoms with Gasteiger partial charge in [0.15, 0.2) is 0 Å². The van der Waals surface area contributed by atoms with E-state index in [-0.39, 0.29) is 11.9 Å². The van der Waals surface area contributed by atoms with E-state index < -0.39 is 0 Å². The van der Waals surface area contributed by atoms with E-state index in [0.717, 1.165) is 5.56 Å². The molecule has 0 aliphatic heterocycles. The van der Waals surface area contributed by atoms with Crippen molar-refractivity contribution >= 4 is 5.91 Å². The highest BCUT2D eigenvalue weighted by molar-refractivity contribution is 5.87. The summed E-state index contributed by atoms with van der Waals surface area (Å²) in [6.45, 7) is 5.34. The van der Waals surface area contributed by atoms with Crippen LogP contribution in [0.5, 0.6) is 0 Å². The molecule has 2 nitrogen and oxygen atoms in total. The minimum atomic E-state index is -0.142. The van der Waals surface area contributed by atoms with Crippen molar-refractivity contribution in [2.75, 3.05) is 0 Å². The summed E-state index contributed by atoms with van der Waals surface area (Å²) in [5.74, 6) is -0.142. The van der Waals surface area contributed by atoms with Gasteiger partial charge in [0, 0.05) is 0 Å². The molecule has 0 unspecified atom stereocenters. The molecule has 1 N–H and O–H groups in total. The molecule has 0 fully saturated rings. The highest BCUT2D eigenvalue weighted by Gasteiger charge is 2.05. The zero-order valence-electron chi connectivity index (χ0n) is 7.66. The smallest absolute Gasteiger partial charge is 0.243 e. The number of benzene rings is 1. The van der Waals surface area contributed by atoms with Gasteiger partial charge >= 0.3 is 0 Å². The Labute approximate surface area is 78.3 Å². The molecule has 2 heteroatoms. The summed E-state index contributed by atoms with van der Waals surface area (Å²) in [7, 11) is 0. The molecule has 1 atom stereocenters. The second-order valence-electron chi connectivity index (χ2n) is 2.85. The first-order valence-electron chi connectivity index (χ1n) is 4.22. The summed E-state index contributed by atoms with van der Waals surface area (Å²) in [4.78, 5) is 11.0. The monoisotopic (exact) mass is 175 g/mol. The molecule has 0 saturated carbocycles. The van der Waals surface area contributed by atoms with E-state index in [1.165, 1.54) is 6.08 Å². The second kappa shape index (κ2) is 4.45. The fourth-order valence-electron chi connectivity index (χ4n) is 1.10. The molecule has 0 heterocycles. The number of amides is 1. The van der Waals surface area contributed by atoms with Crippen LogP contribution in [-0.2, 0) is 4.79 Å². The Kier molecular flexibility index (Phi) is 3.26. The molecule has 1 aromatic rings. The largest absolute Gasteiger partial charge is 0.346 e. The van der Waals surface area contributed by atoms with Crippen LogP contribution in [0.2, 0.25) is 0 Å². The van der Waals surface area contributed by atoms with Crippen molar-refractivity contribution in [2.24, 2.45) is 0 Å². The Morgan fingerprint density at radius 1 is 1.46 bits per heavy atom. The van der Waals surface area contributed by atoms with Crippen LogP contribution in [0.15, 0.2) is 43.0 Å². The lowest BCUT2D eigenvalue weighted by Crippen LogP contribution is -2.24. The van der Waals surface area contributed by atoms with Gasteiger partial charge in [-0.25, -0.2) is 0 Å². The maximum atomic E-state index is 11.0. The van der Waals surface area contributed by atoms with Crippen molar-refractivity contribution in [1.29, 1.82) is 0 Å². The molecule has 1 aromatic carbocycles. The van der Waals surface area contributed by atoms with Crippen molar-refractivity contribution in [1.82, 2.24) is 5.32 Å². The van der Waals surface area contributed by atoms with Crippen LogP contribution in [0.1, 0.15) is 18.5 Å². The van der Waals surface area contributed by atoms with Crippen molar-refractivity contribution in [3.05, 3.63) is 48.6 Å². The molecule has 0 spiro atoms. The Hall–Kier alpha value is -1.57. The van der Waals surface area contributed by atoms with Gasteiger partial charge in [0.1, 0.15) is 0 Å². The quantitative estimate of drug-likeness (QED) is 0.700.